The Morgan fingerprint density at radius 3 is 2.67 bits per heavy atom. The molecule has 0 aromatic heterocycles. The Hall–Kier alpha value is -1.15. The predicted octanol–water partition coefficient (Wildman–Crippen LogP) is 2.85. The Bertz CT molecular complexity index is 331. The average molecular weight is 206 g/mol. The summed E-state index contributed by atoms with van der Waals surface area (Å²) in [5, 5.41) is 0. The van der Waals surface area contributed by atoms with E-state index < -0.39 is 0 Å². The molecule has 2 nitrogen and oxygen atoms in total. The number of methoxy groups -OCH3 is 1. The SMILES string of the molecule is COCCC(C)C(=O)c1ccccc1C. The number of carbonyl (C=O) groups is 1. The van der Waals surface area contributed by atoms with Crippen LogP contribution in [0.3, 0.4) is 0 Å². The fraction of sp³-hybridized carbons (Fsp3) is 0.462. The number of rotatable bonds is 5. The van der Waals surface area contributed by atoms with Crippen molar-refractivity contribution in [3.63, 3.8) is 0 Å². The van der Waals surface area contributed by atoms with E-state index in [1.807, 2.05) is 38.1 Å². The first-order chi connectivity index (χ1) is 7.16. The Morgan fingerprint density at radius 2 is 2.07 bits per heavy atom. The van der Waals surface area contributed by atoms with Crippen molar-refractivity contribution in [1.29, 1.82) is 0 Å². The molecule has 0 saturated carbocycles. The van der Waals surface area contributed by atoms with E-state index in [9.17, 15) is 4.79 Å². The number of carbonyl (C=O) groups excluding carboxylic acids is 1. The summed E-state index contributed by atoms with van der Waals surface area (Å²) in [5.74, 6) is 0.246. The summed E-state index contributed by atoms with van der Waals surface area (Å²) in [6.45, 7) is 4.56. The average Bonchev–Trinajstić information content (AvgIpc) is 2.25. The normalized spacial score (nSPS) is 12.5. The van der Waals surface area contributed by atoms with Gasteiger partial charge < -0.3 is 4.74 Å². The summed E-state index contributed by atoms with van der Waals surface area (Å²) in [6.07, 6.45) is 0.781. The van der Waals surface area contributed by atoms with E-state index in [0.717, 1.165) is 17.5 Å². The maximum Gasteiger partial charge on any atom is 0.166 e. The van der Waals surface area contributed by atoms with Gasteiger partial charge in [-0.15, -0.1) is 0 Å². The van der Waals surface area contributed by atoms with Gasteiger partial charge in [0.1, 0.15) is 0 Å². The molecular formula is C13H18O2. The van der Waals surface area contributed by atoms with Crippen LogP contribution >= 0.6 is 0 Å². The molecule has 1 rings (SSSR count). The lowest BCUT2D eigenvalue weighted by Crippen LogP contribution is -2.14. The Labute approximate surface area is 91.3 Å². The van der Waals surface area contributed by atoms with E-state index in [2.05, 4.69) is 0 Å². The van der Waals surface area contributed by atoms with E-state index in [1.54, 1.807) is 7.11 Å². The molecule has 1 aromatic rings. The van der Waals surface area contributed by atoms with Gasteiger partial charge in [-0.1, -0.05) is 31.2 Å². The molecule has 0 saturated heterocycles. The predicted molar refractivity (Wildman–Crippen MR) is 61.2 cm³/mol. The summed E-state index contributed by atoms with van der Waals surface area (Å²) in [4.78, 5) is 12.0. The molecule has 0 bridgehead atoms. The van der Waals surface area contributed by atoms with Crippen LogP contribution in [0.15, 0.2) is 24.3 Å². The van der Waals surface area contributed by atoms with Gasteiger partial charge in [0.2, 0.25) is 0 Å². The number of Topliss-reactive ketones (excluding diaryl/α,β-unsaturated/α-hetero) is 1. The van der Waals surface area contributed by atoms with Crippen molar-refractivity contribution < 1.29 is 9.53 Å². The maximum absolute atomic E-state index is 12.0. The monoisotopic (exact) mass is 206 g/mol. The Balaban J connectivity index is 2.72. The smallest absolute Gasteiger partial charge is 0.166 e. The van der Waals surface area contributed by atoms with Gasteiger partial charge >= 0.3 is 0 Å². The molecule has 15 heavy (non-hydrogen) atoms. The van der Waals surface area contributed by atoms with Gasteiger partial charge in [-0.25, -0.2) is 0 Å². The van der Waals surface area contributed by atoms with Crippen molar-refractivity contribution in [2.75, 3.05) is 13.7 Å². The lowest BCUT2D eigenvalue weighted by molar-refractivity contribution is 0.0893. The Morgan fingerprint density at radius 1 is 1.40 bits per heavy atom. The first kappa shape index (κ1) is 11.9. The van der Waals surface area contributed by atoms with Crippen LogP contribution in [0.25, 0.3) is 0 Å². The van der Waals surface area contributed by atoms with E-state index in [-0.39, 0.29) is 11.7 Å². The number of hydrogen-bond donors (Lipinski definition) is 0. The van der Waals surface area contributed by atoms with Crippen LogP contribution in [0.1, 0.15) is 29.3 Å². The van der Waals surface area contributed by atoms with E-state index in [0.29, 0.717) is 6.61 Å². The summed E-state index contributed by atoms with van der Waals surface area (Å²) >= 11 is 0. The number of ether oxygens (including phenoxy) is 1. The molecule has 0 aliphatic heterocycles. The highest BCUT2D eigenvalue weighted by Crippen LogP contribution is 2.15. The second-order valence-corrected chi connectivity index (χ2v) is 3.86. The molecule has 0 aliphatic rings. The minimum atomic E-state index is 0.0334. The summed E-state index contributed by atoms with van der Waals surface area (Å²) in [6, 6.07) is 7.71. The molecule has 0 fully saturated rings. The van der Waals surface area contributed by atoms with Crippen molar-refractivity contribution in [1.82, 2.24) is 0 Å². The van der Waals surface area contributed by atoms with Gasteiger partial charge in [0.05, 0.1) is 0 Å². The van der Waals surface area contributed by atoms with Crippen LogP contribution in [0, 0.1) is 12.8 Å². The molecule has 82 valence electrons. The molecule has 1 aromatic carbocycles. The van der Waals surface area contributed by atoms with Crippen LogP contribution < -0.4 is 0 Å². The largest absolute Gasteiger partial charge is 0.385 e. The van der Waals surface area contributed by atoms with Gasteiger partial charge in [0.15, 0.2) is 5.78 Å². The second kappa shape index (κ2) is 5.66. The number of benzene rings is 1. The third kappa shape index (κ3) is 3.17. The maximum atomic E-state index is 12.0. The number of ketones is 1. The molecule has 1 unspecified atom stereocenters. The minimum Gasteiger partial charge on any atom is -0.385 e. The molecule has 0 N–H and O–H groups in total. The van der Waals surface area contributed by atoms with Gasteiger partial charge in [-0.2, -0.15) is 0 Å². The van der Waals surface area contributed by atoms with Gasteiger partial charge in [0, 0.05) is 25.2 Å². The second-order valence-electron chi connectivity index (χ2n) is 3.86. The zero-order valence-electron chi connectivity index (χ0n) is 9.62. The van der Waals surface area contributed by atoms with Crippen LogP contribution in [-0.2, 0) is 4.74 Å². The van der Waals surface area contributed by atoms with Crippen LogP contribution in [0.5, 0.6) is 0 Å². The molecule has 0 heterocycles. The molecule has 0 aliphatic carbocycles. The molecule has 0 radical (unpaired) electrons. The lowest BCUT2D eigenvalue weighted by atomic mass is 9.94. The Kier molecular flexibility index (Phi) is 4.50. The van der Waals surface area contributed by atoms with Crippen LogP contribution in [-0.4, -0.2) is 19.5 Å². The van der Waals surface area contributed by atoms with Gasteiger partial charge in [-0.05, 0) is 18.9 Å². The van der Waals surface area contributed by atoms with Crippen molar-refractivity contribution in [2.24, 2.45) is 5.92 Å². The van der Waals surface area contributed by atoms with Crippen LogP contribution in [0.2, 0.25) is 0 Å². The summed E-state index contributed by atoms with van der Waals surface area (Å²) in [7, 11) is 1.66. The van der Waals surface area contributed by atoms with E-state index in [4.69, 9.17) is 4.74 Å². The third-order valence-electron chi connectivity index (χ3n) is 2.61. The zero-order valence-corrected chi connectivity index (χ0v) is 9.62. The third-order valence-corrected chi connectivity index (χ3v) is 2.61. The van der Waals surface area contributed by atoms with E-state index in [1.165, 1.54) is 0 Å². The molecule has 0 amide bonds. The van der Waals surface area contributed by atoms with Crippen molar-refractivity contribution in [3.8, 4) is 0 Å². The zero-order chi connectivity index (χ0) is 11.3. The number of aryl methyl sites for hydroxylation is 1. The first-order valence-electron chi connectivity index (χ1n) is 5.25. The summed E-state index contributed by atoms with van der Waals surface area (Å²) < 4.78 is 4.98. The topological polar surface area (TPSA) is 26.3 Å². The first-order valence-corrected chi connectivity index (χ1v) is 5.25. The highest BCUT2D eigenvalue weighted by molar-refractivity contribution is 5.98. The lowest BCUT2D eigenvalue weighted by Gasteiger charge is -2.11. The molecule has 2 heteroatoms. The van der Waals surface area contributed by atoms with Gasteiger partial charge in [0.25, 0.3) is 0 Å². The highest BCUT2D eigenvalue weighted by Gasteiger charge is 2.15. The van der Waals surface area contributed by atoms with E-state index >= 15 is 0 Å². The number of hydrogen-bond acceptors (Lipinski definition) is 2. The van der Waals surface area contributed by atoms with Gasteiger partial charge in [-0.3, -0.25) is 4.79 Å². The minimum absolute atomic E-state index is 0.0334. The highest BCUT2D eigenvalue weighted by atomic mass is 16.5. The molecule has 1 atom stereocenters. The quantitative estimate of drug-likeness (QED) is 0.692. The van der Waals surface area contributed by atoms with Crippen molar-refractivity contribution in [3.05, 3.63) is 35.4 Å². The van der Waals surface area contributed by atoms with Crippen LogP contribution in [0.4, 0.5) is 0 Å². The van der Waals surface area contributed by atoms with Crippen molar-refractivity contribution in [2.45, 2.75) is 20.3 Å². The summed E-state index contributed by atoms with van der Waals surface area (Å²) in [5.41, 5.74) is 1.88. The molecular weight excluding hydrogens is 188 g/mol. The standard InChI is InChI=1S/C13H18O2/c1-10-6-4-5-7-12(10)13(14)11(2)8-9-15-3/h4-7,11H,8-9H2,1-3H3. The fourth-order valence-corrected chi connectivity index (χ4v) is 1.54. The van der Waals surface area contributed by atoms with Crippen molar-refractivity contribution >= 4 is 5.78 Å². The molecule has 0 spiro atoms. The fourth-order valence-electron chi connectivity index (χ4n) is 1.54.